The monoisotopic (exact) mass is 631 g/mol. The first-order chi connectivity index (χ1) is 21.2. The van der Waals surface area contributed by atoms with Crippen molar-refractivity contribution in [1.29, 1.82) is 0 Å². The van der Waals surface area contributed by atoms with Crippen molar-refractivity contribution in [3.8, 4) is 0 Å². The second-order valence-corrected chi connectivity index (χ2v) is 16.2. The Morgan fingerprint density at radius 3 is 2.48 bits per heavy atom. The number of aromatic nitrogens is 1. The molecule has 1 aliphatic carbocycles. The number of aliphatic hydroxyl groups is 2. The average Bonchev–Trinajstić information content (AvgIpc) is 3.64. The van der Waals surface area contributed by atoms with E-state index < -0.39 is 11.8 Å². The van der Waals surface area contributed by atoms with Gasteiger partial charge in [0.2, 0.25) is 5.91 Å². The lowest BCUT2D eigenvalue weighted by molar-refractivity contribution is -0.133. The minimum absolute atomic E-state index is 0.0399. The van der Waals surface area contributed by atoms with Gasteiger partial charge in [0.1, 0.15) is 0 Å². The summed E-state index contributed by atoms with van der Waals surface area (Å²) in [6, 6.07) is 11.0. The maximum atomic E-state index is 13.9. The Morgan fingerprint density at radius 2 is 1.77 bits per heavy atom. The van der Waals surface area contributed by atoms with Gasteiger partial charge in [-0.25, -0.2) is 4.98 Å². The molecule has 0 spiro atoms. The Hall–Kier alpha value is -2.26. The fraction of sp³-hybridized carbons (Fsp3) is 0.556. The van der Waals surface area contributed by atoms with Crippen molar-refractivity contribution in [1.82, 2.24) is 14.8 Å². The van der Waals surface area contributed by atoms with Crippen LogP contribution < -0.4 is 0 Å². The van der Waals surface area contributed by atoms with Gasteiger partial charge in [-0.1, -0.05) is 51.3 Å². The number of fused-ring (bicyclic) bond motifs is 2. The number of carbonyl (C=O) groups is 1. The van der Waals surface area contributed by atoms with Crippen molar-refractivity contribution in [2.75, 3.05) is 19.6 Å². The molecule has 2 N–H and O–H groups in total. The van der Waals surface area contributed by atoms with E-state index in [0.29, 0.717) is 28.5 Å². The number of pyridine rings is 1. The van der Waals surface area contributed by atoms with Crippen LogP contribution >= 0.6 is 23.5 Å². The van der Waals surface area contributed by atoms with E-state index in [-0.39, 0.29) is 11.2 Å². The van der Waals surface area contributed by atoms with Crippen molar-refractivity contribution in [3.63, 3.8) is 0 Å². The number of piperidine rings is 1. The number of nitrogens with zero attached hydrogens (tertiary/aromatic N) is 3. The number of hydrogen-bond donors (Lipinski definition) is 2. The number of carbonyl (C=O) groups excluding carboxylic acids is 1. The van der Waals surface area contributed by atoms with E-state index in [0.717, 1.165) is 60.9 Å². The number of allylic oxidation sites excluding steroid dienone is 1. The lowest BCUT2D eigenvalue weighted by atomic mass is 9.79. The standard InChI is InChI=1S/C36H45N3O3S2/c1-22-18-29(43-23(22)2)28-15-12-25-19-26(13-14-27(25)37-28)33-32(24-10-6-4-7-11-24)34-36(3,20-30(44-34)35(41)42)39(33)21-31(40)38-16-8-5-9-17-38/h12-15,18-20,22-24,34-35,41-42H,4-11,16-17,21H2,1-3H3. The van der Waals surface area contributed by atoms with E-state index in [1.54, 1.807) is 11.8 Å². The van der Waals surface area contributed by atoms with Crippen LogP contribution in [-0.2, 0) is 4.79 Å². The topological polar surface area (TPSA) is 76.9 Å². The molecule has 1 saturated carbocycles. The minimum Gasteiger partial charge on any atom is -0.364 e. The Balaban J connectivity index is 1.32. The van der Waals surface area contributed by atoms with Gasteiger partial charge in [-0.15, -0.1) is 23.5 Å². The molecule has 2 aromatic rings. The zero-order chi connectivity index (χ0) is 30.6. The van der Waals surface area contributed by atoms with Crippen LogP contribution in [0.15, 0.2) is 53.0 Å². The van der Waals surface area contributed by atoms with Crippen LogP contribution in [0.5, 0.6) is 0 Å². The van der Waals surface area contributed by atoms with E-state index in [1.165, 1.54) is 41.9 Å². The zero-order valence-electron chi connectivity index (χ0n) is 26.2. The summed E-state index contributed by atoms with van der Waals surface area (Å²) < 4.78 is 0. The molecular formula is C36H45N3O3S2. The Morgan fingerprint density at radius 1 is 1.02 bits per heavy atom. The highest BCUT2D eigenvalue weighted by atomic mass is 32.2. The molecule has 234 valence electrons. The van der Waals surface area contributed by atoms with Gasteiger partial charge in [0.05, 0.1) is 28.5 Å². The molecule has 7 rings (SSSR count). The van der Waals surface area contributed by atoms with Crippen molar-refractivity contribution in [2.24, 2.45) is 11.8 Å². The lowest BCUT2D eigenvalue weighted by Crippen LogP contribution is -2.50. The zero-order valence-corrected chi connectivity index (χ0v) is 27.8. The SMILES string of the molecule is CC1C=C(c2ccc3cc(C4=C(C5CCCCC5)C5SC(C(O)O)=CC5(C)N4CC(=O)N4CCCCC4)ccc3n2)SC1C. The minimum atomic E-state index is -1.50. The quantitative estimate of drug-likeness (QED) is 0.332. The van der Waals surface area contributed by atoms with E-state index in [2.05, 4.69) is 62.1 Å². The van der Waals surface area contributed by atoms with Gasteiger partial charge in [-0.3, -0.25) is 4.79 Å². The van der Waals surface area contributed by atoms with Gasteiger partial charge in [0.25, 0.3) is 0 Å². The molecule has 1 aromatic carbocycles. The molecule has 1 amide bonds. The summed E-state index contributed by atoms with van der Waals surface area (Å²) in [6.07, 6.45) is 12.1. The average molecular weight is 632 g/mol. The highest BCUT2D eigenvalue weighted by Crippen LogP contribution is 2.58. The maximum Gasteiger partial charge on any atom is 0.242 e. The number of amides is 1. The summed E-state index contributed by atoms with van der Waals surface area (Å²) in [7, 11) is 0. The molecule has 1 saturated heterocycles. The van der Waals surface area contributed by atoms with Crippen molar-refractivity contribution in [2.45, 2.75) is 94.5 Å². The maximum absolute atomic E-state index is 13.9. The van der Waals surface area contributed by atoms with Gasteiger partial charge in [-0.05, 0) is 86.3 Å². The van der Waals surface area contributed by atoms with Crippen molar-refractivity contribution >= 4 is 50.9 Å². The van der Waals surface area contributed by atoms with Gasteiger partial charge in [0.15, 0.2) is 6.29 Å². The summed E-state index contributed by atoms with van der Waals surface area (Å²) in [6.45, 7) is 8.68. The first kappa shape index (κ1) is 30.4. The third-order valence-corrected chi connectivity index (χ3v) is 13.6. The second-order valence-electron chi connectivity index (χ2n) is 13.6. The number of thioether (sulfide) groups is 2. The molecule has 4 unspecified atom stereocenters. The molecule has 0 radical (unpaired) electrons. The molecular weight excluding hydrogens is 587 g/mol. The van der Waals surface area contributed by atoms with E-state index in [9.17, 15) is 15.0 Å². The molecule has 4 aliphatic heterocycles. The van der Waals surface area contributed by atoms with Gasteiger partial charge in [0, 0.05) is 39.2 Å². The number of rotatable bonds is 6. The Bertz CT molecular complexity index is 1540. The largest absolute Gasteiger partial charge is 0.364 e. The highest BCUT2D eigenvalue weighted by Gasteiger charge is 2.55. The molecule has 44 heavy (non-hydrogen) atoms. The van der Waals surface area contributed by atoms with Crippen LogP contribution in [0.1, 0.15) is 83.4 Å². The molecule has 5 aliphatic rings. The molecule has 8 heteroatoms. The third kappa shape index (κ3) is 5.44. The summed E-state index contributed by atoms with van der Waals surface area (Å²) in [4.78, 5) is 25.2. The van der Waals surface area contributed by atoms with Crippen LogP contribution in [0, 0.1) is 11.8 Å². The summed E-state index contributed by atoms with van der Waals surface area (Å²) in [5.74, 6) is 1.13. The highest BCUT2D eigenvalue weighted by molar-refractivity contribution is 8.09. The van der Waals surface area contributed by atoms with Crippen LogP contribution in [-0.4, -0.2) is 72.9 Å². The smallest absolute Gasteiger partial charge is 0.242 e. The van der Waals surface area contributed by atoms with Crippen LogP contribution in [0.2, 0.25) is 0 Å². The molecule has 0 bridgehead atoms. The Labute approximate surface area is 270 Å². The molecule has 6 nitrogen and oxygen atoms in total. The van der Waals surface area contributed by atoms with Crippen LogP contribution in [0.3, 0.4) is 0 Å². The van der Waals surface area contributed by atoms with E-state index >= 15 is 0 Å². The van der Waals surface area contributed by atoms with Gasteiger partial charge >= 0.3 is 0 Å². The molecule has 5 heterocycles. The van der Waals surface area contributed by atoms with E-state index in [1.807, 2.05) is 22.7 Å². The fourth-order valence-corrected chi connectivity index (χ4v) is 10.7. The second kappa shape index (κ2) is 12.2. The summed E-state index contributed by atoms with van der Waals surface area (Å²) >= 11 is 3.50. The van der Waals surface area contributed by atoms with Gasteiger partial charge in [-0.2, -0.15) is 0 Å². The van der Waals surface area contributed by atoms with Crippen LogP contribution in [0.4, 0.5) is 0 Å². The molecule has 2 fully saturated rings. The first-order valence-electron chi connectivity index (χ1n) is 16.6. The normalized spacial score (nSPS) is 29.5. The molecule has 1 aromatic heterocycles. The lowest BCUT2D eigenvalue weighted by Gasteiger charge is -2.39. The summed E-state index contributed by atoms with van der Waals surface area (Å²) in [5, 5.41) is 22.2. The van der Waals surface area contributed by atoms with E-state index in [4.69, 9.17) is 4.98 Å². The third-order valence-electron chi connectivity index (χ3n) is 10.6. The predicted molar refractivity (Wildman–Crippen MR) is 183 cm³/mol. The van der Waals surface area contributed by atoms with Crippen molar-refractivity contribution < 1.29 is 15.0 Å². The number of likely N-dealkylation sites (tertiary alicyclic amines) is 1. The van der Waals surface area contributed by atoms with Crippen molar-refractivity contribution in [3.05, 3.63) is 64.2 Å². The fourth-order valence-electron chi connectivity index (χ4n) is 7.96. The number of benzene rings is 1. The van der Waals surface area contributed by atoms with Gasteiger partial charge < -0.3 is 20.0 Å². The predicted octanol–water partition coefficient (Wildman–Crippen LogP) is 7.04. The summed E-state index contributed by atoms with van der Waals surface area (Å²) in [5.41, 5.74) is 5.20. The van der Waals surface area contributed by atoms with Crippen LogP contribution in [0.25, 0.3) is 21.5 Å². The Kier molecular flexibility index (Phi) is 8.40. The number of hydrogen-bond acceptors (Lipinski definition) is 7. The first-order valence-corrected chi connectivity index (χ1v) is 18.3. The number of aliphatic hydroxyl groups excluding tert-OH is 1. The molecule has 4 atom stereocenters.